The van der Waals surface area contributed by atoms with E-state index in [4.69, 9.17) is 0 Å². The Kier molecular flexibility index (Phi) is 4.11. The number of hydrogen-bond donors (Lipinski definition) is 1. The third-order valence-corrected chi connectivity index (χ3v) is 3.55. The van der Waals surface area contributed by atoms with E-state index in [1.54, 1.807) is 0 Å². The van der Waals surface area contributed by atoms with Crippen molar-refractivity contribution < 1.29 is 0 Å². The summed E-state index contributed by atoms with van der Waals surface area (Å²) < 4.78 is 0. The Morgan fingerprint density at radius 3 is 2.82 bits per heavy atom. The molecular formula is C14H25N3. The first-order valence-electron chi connectivity index (χ1n) is 6.73. The molecule has 1 N–H and O–H groups in total. The molecule has 0 amide bonds. The lowest BCUT2D eigenvalue weighted by molar-refractivity contribution is 0.343. The standard InChI is InChI=1S/C14H25N3/c1-12(2)10-16-7-5-14(6-8-16)17-9-4-13(11-17)15-3/h5-7,12-13,15H,4,8-11H2,1-3H3/t13-/m0/s1. The largest absolute Gasteiger partial charge is 0.373 e. The van der Waals surface area contributed by atoms with Gasteiger partial charge >= 0.3 is 0 Å². The van der Waals surface area contributed by atoms with E-state index < -0.39 is 0 Å². The summed E-state index contributed by atoms with van der Waals surface area (Å²) in [5.74, 6) is 0.732. The summed E-state index contributed by atoms with van der Waals surface area (Å²) in [4.78, 5) is 4.88. The molecule has 0 aromatic carbocycles. The van der Waals surface area contributed by atoms with Crippen molar-refractivity contribution in [2.24, 2.45) is 5.92 Å². The number of rotatable bonds is 4. The third kappa shape index (κ3) is 3.25. The molecule has 2 aliphatic rings. The Morgan fingerprint density at radius 2 is 2.29 bits per heavy atom. The monoisotopic (exact) mass is 235 g/mol. The van der Waals surface area contributed by atoms with E-state index in [0.717, 1.165) is 25.6 Å². The van der Waals surface area contributed by atoms with Crippen LogP contribution in [0.5, 0.6) is 0 Å². The summed E-state index contributed by atoms with van der Waals surface area (Å²) in [7, 11) is 2.06. The highest BCUT2D eigenvalue weighted by atomic mass is 15.2. The summed E-state index contributed by atoms with van der Waals surface area (Å²) in [5.41, 5.74) is 1.41. The van der Waals surface area contributed by atoms with Gasteiger partial charge in [-0.25, -0.2) is 0 Å². The van der Waals surface area contributed by atoms with Crippen molar-refractivity contribution in [3.63, 3.8) is 0 Å². The van der Waals surface area contributed by atoms with Gasteiger partial charge in [0.2, 0.25) is 0 Å². The fraction of sp³-hybridized carbons (Fsp3) is 0.714. The van der Waals surface area contributed by atoms with Crippen LogP contribution in [-0.2, 0) is 0 Å². The van der Waals surface area contributed by atoms with E-state index in [2.05, 4.69) is 54.4 Å². The molecule has 3 heteroatoms. The number of allylic oxidation sites excluding steroid dienone is 1. The van der Waals surface area contributed by atoms with E-state index in [1.165, 1.54) is 18.7 Å². The van der Waals surface area contributed by atoms with Crippen molar-refractivity contribution in [1.29, 1.82) is 0 Å². The molecule has 0 bridgehead atoms. The summed E-state index contributed by atoms with van der Waals surface area (Å²) in [6, 6.07) is 0.665. The quantitative estimate of drug-likeness (QED) is 0.799. The molecule has 1 saturated heterocycles. The lowest BCUT2D eigenvalue weighted by Gasteiger charge is -2.28. The van der Waals surface area contributed by atoms with Crippen LogP contribution in [0.25, 0.3) is 0 Å². The number of likely N-dealkylation sites (N-methyl/N-ethyl adjacent to an activating group) is 1. The molecule has 2 rings (SSSR count). The van der Waals surface area contributed by atoms with Crippen molar-refractivity contribution in [3.05, 3.63) is 24.0 Å². The minimum Gasteiger partial charge on any atom is -0.373 e. The van der Waals surface area contributed by atoms with Gasteiger partial charge in [-0.05, 0) is 31.5 Å². The Labute approximate surface area is 105 Å². The zero-order chi connectivity index (χ0) is 12.3. The fourth-order valence-electron chi connectivity index (χ4n) is 2.59. The SMILES string of the molecule is CN[C@H]1CCN(C2=CCN(CC(C)C)C=C2)C1. The molecule has 1 fully saturated rings. The van der Waals surface area contributed by atoms with E-state index in [-0.39, 0.29) is 0 Å². The van der Waals surface area contributed by atoms with Gasteiger partial charge in [-0.3, -0.25) is 0 Å². The van der Waals surface area contributed by atoms with Gasteiger partial charge in [-0.2, -0.15) is 0 Å². The molecule has 96 valence electrons. The van der Waals surface area contributed by atoms with Crippen LogP contribution < -0.4 is 5.32 Å². The number of nitrogens with one attached hydrogen (secondary N) is 1. The lowest BCUT2D eigenvalue weighted by atomic mass is 10.2. The molecule has 0 aromatic heterocycles. The molecule has 0 radical (unpaired) electrons. The van der Waals surface area contributed by atoms with Crippen molar-refractivity contribution in [1.82, 2.24) is 15.1 Å². The normalized spacial score (nSPS) is 24.7. The van der Waals surface area contributed by atoms with Crippen LogP contribution in [0.2, 0.25) is 0 Å². The molecule has 0 unspecified atom stereocenters. The van der Waals surface area contributed by atoms with Gasteiger partial charge in [0.25, 0.3) is 0 Å². The van der Waals surface area contributed by atoms with Gasteiger partial charge in [-0.1, -0.05) is 13.8 Å². The maximum absolute atomic E-state index is 3.36. The summed E-state index contributed by atoms with van der Waals surface area (Å²) in [6.07, 6.45) is 8.14. The fourth-order valence-corrected chi connectivity index (χ4v) is 2.59. The Morgan fingerprint density at radius 1 is 1.47 bits per heavy atom. The van der Waals surface area contributed by atoms with Crippen LogP contribution in [0.15, 0.2) is 24.0 Å². The smallest absolute Gasteiger partial charge is 0.0377 e. The average Bonchev–Trinajstić information content (AvgIpc) is 2.78. The highest BCUT2D eigenvalue weighted by Gasteiger charge is 2.22. The van der Waals surface area contributed by atoms with Gasteiger partial charge in [0.15, 0.2) is 0 Å². The maximum atomic E-state index is 3.36. The molecule has 17 heavy (non-hydrogen) atoms. The maximum Gasteiger partial charge on any atom is 0.0377 e. The summed E-state index contributed by atoms with van der Waals surface area (Å²) in [6.45, 7) is 9.09. The van der Waals surface area contributed by atoms with Crippen molar-refractivity contribution in [2.45, 2.75) is 26.3 Å². The highest BCUT2D eigenvalue weighted by Crippen LogP contribution is 2.19. The predicted octanol–water partition coefficient (Wildman–Crippen LogP) is 1.65. The van der Waals surface area contributed by atoms with Crippen LogP contribution in [0.3, 0.4) is 0 Å². The molecule has 0 saturated carbocycles. The Bertz CT molecular complexity index is 307. The number of likely N-dealkylation sites (tertiary alicyclic amines) is 1. The minimum absolute atomic E-state index is 0.665. The van der Waals surface area contributed by atoms with E-state index >= 15 is 0 Å². The van der Waals surface area contributed by atoms with Gasteiger partial charge in [0, 0.05) is 44.1 Å². The second kappa shape index (κ2) is 5.58. The number of hydrogen-bond acceptors (Lipinski definition) is 3. The second-order valence-electron chi connectivity index (χ2n) is 5.51. The van der Waals surface area contributed by atoms with Gasteiger partial charge in [0.1, 0.15) is 0 Å². The predicted molar refractivity (Wildman–Crippen MR) is 72.7 cm³/mol. The topological polar surface area (TPSA) is 18.5 Å². The summed E-state index contributed by atoms with van der Waals surface area (Å²) >= 11 is 0. The average molecular weight is 235 g/mol. The van der Waals surface area contributed by atoms with Crippen molar-refractivity contribution >= 4 is 0 Å². The van der Waals surface area contributed by atoms with Gasteiger partial charge < -0.3 is 15.1 Å². The first-order chi connectivity index (χ1) is 8.19. The Balaban J connectivity index is 1.85. The molecule has 0 spiro atoms. The van der Waals surface area contributed by atoms with Crippen LogP contribution in [0, 0.1) is 5.92 Å². The molecule has 2 aliphatic heterocycles. The van der Waals surface area contributed by atoms with Gasteiger partial charge in [-0.15, -0.1) is 0 Å². The molecule has 1 atom stereocenters. The van der Waals surface area contributed by atoms with Crippen LogP contribution in [-0.4, -0.2) is 49.1 Å². The molecule has 2 heterocycles. The van der Waals surface area contributed by atoms with Gasteiger partial charge in [0.05, 0.1) is 0 Å². The van der Waals surface area contributed by atoms with Crippen LogP contribution in [0.4, 0.5) is 0 Å². The first kappa shape index (κ1) is 12.5. The third-order valence-electron chi connectivity index (χ3n) is 3.55. The first-order valence-corrected chi connectivity index (χ1v) is 6.73. The van der Waals surface area contributed by atoms with Crippen LogP contribution in [0.1, 0.15) is 20.3 Å². The molecule has 0 aliphatic carbocycles. The van der Waals surface area contributed by atoms with E-state index in [0.29, 0.717) is 6.04 Å². The second-order valence-corrected chi connectivity index (χ2v) is 5.51. The zero-order valence-electron chi connectivity index (χ0n) is 11.3. The minimum atomic E-state index is 0.665. The van der Waals surface area contributed by atoms with Crippen LogP contribution >= 0.6 is 0 Å². The van der Waals surface area contributed by atoms with E-state index in [1.807, 2.05) is 0 Å². The van der Waals surface area contributed by atoms with Crippen molar-refractivity contribution in [3.8, 4) is 0 Å². The van der Waals surface area contributed by atoms with Crippen molar-refractivity contribution in [2.75, 3.05) is 33.2 Å². The number of nitrogens with zero attached hydrogens (tertiary/aromatic N) is 2. The zero-order valence-corrected chi connectivity index (χ0v) is 11.3. The highest BCUT2D eigenvalue weighted by molar-refractivity contribution is 5.22. The lowest BCUT2D eigenvalue weighted by Crippen LogP contribution is -2.31. The molecular weight excluding hydrogens is 210 g/mol. The molecule has 3 nitrogen and oxygen atoms in total. The summed E-state index contributed by atoms with van der Waals surface area (Å²) in [5, 5.41) is 3.36. The molecule has 0 aromatic rings. The Hall–Kier alpha value is -0.960. The van der Waals surface area contributed by atoms with E-state index in [9.17, 15) is 0 Å².